The van der Waals surface area contributed by atoms with Gasteiger partial charge in [-0.15, -0.1) is 11.3 Å². The lowest BCUT2D eigenvalue weighted by atomic mass is 9.80. The smallest absolute Gasteiger partial charge is 0.0897 e. The maximum atomic E-state index is 10.2. The summed E-state index contributed by atoms with van der Waals surface area (Å²) in [7, 11) is 0. The fourth-order valence-electron chi connectivity index (χ4n) is 2.10. The van der Waals surface area contributed by atoms with E-state index in [1.54, 1.807) is 11.3 Å². The van der Waals surface area contributed by atoms with E-state index < -0.39 is 0 Å². The molecule has 0 bridgehead atoms. The maximum absolute atomic E-state index is 10.2. The molecule has 1 aromatic rings. The first-order chi connectivity index (χ1) is 8.24. The summed E-state index contributed by atoms with van der Waals surface area (Å²) in [6.07, 6.45) is 1.64. The molecule has 0 aliphatic heterocycles. The van der Waals surface area contributed by atoms with E-state index in [1.807, 2.05) is 13.1 Å². The van der Waals surface area contributed by atoms with Crippen LogP contribution in [0.4, 0.5) is 0 Å². The zero-order chi connectivity index (χ0) is 13.9. The Balaban J connectivity index is 2.54. The van der Waals surface area contributed by atoms with Crippen LogP contribution in [0.1, 0.15) is 50.5 Å². The molecule has 4 heteroatoms. The summed E-state index contributed by atoms with van der Waals surface area (Å²) in [5, 5.41) is 14.8. The van der Waals surface area contributed by atoms with Gasteiger partial charge in [0, 0.05) is 29.1 Å². The first kappa shape index (κ1) is 15.6. The number of nitrogens with one attached hydrogen (secondary N) is 1. The van der Waals surface area contributed by atoms with Crippen LogP contribution in [0.15, 0.2) is 6.20 Å². The van der Waals surface area contributed by atoms with Crippen molar-refractivity contribution in [3.8, 4) is 0 Å². The van der Waals surface area contributed by atoms with Crippen LogP contribution in [-0.4, -0.2) is 22.7 Å². The van der Waals surface area contributed by atoms with Gasteiger partial charge in [-0.25, -0.2) is 4.98 Å². The van der Waals surface area contributed by atoms with Gasteiger partial charge in [0.1, 0.15) is 0 Å². The molecule has 2 N–H and O–H groups in total. The minimum absolute atomic E-state index is 0.123. The first-order valence-corrected chi connectivity index (χ1v) is 7.39. The van der Waals surface area contributed by atoms with Crippen molar-refractivity contribution in [2.75, 3.05) is 6.54 Å². The molecule has 104 valence electrons. The number of aliphatic hydroxyl groups is 1. The number of hydrogen-bond acceptors (Lipinski definition) is 4. The van der Waals surface area contributed by atoms with Crippen LogP contribution in [-0.2, 0) is 0 Å². The predicted molar refractivity (Wildman–Crippen MR) is 77.9 cm³/mol. The van der Waals surface area contributed by atoms with Crippen LogP contribution in [0.5, 0.6) is 0 Å². The van der Waals surface area contributed by atoms with Crippen LogP contribution in [0.25, 0.3) is 0 Å². The highest BCUT2D eigenvalue weighted by atomic mass is 32.1. The van der Waals surface area contributed by atoms with Crippen LogP contribution in [0, 0.1) is 18.3 Å². The van der Waals surface area contributed by atoms with E-state index in [4.69, 9.17) is 0 Å². The molecular weight excluding hydrogens is 244 g/mol. The molecule has 1 heterocycles. The Morgan fingerprint density at radius 1 is 1.39 bits per heavy atom. The molecule has 3 nitrogen and oxygen atoms in total. The normalized spacial score (nSPS) is 16.0. The Morgan fingerprint density at radius 3 is 2.44 bits per heavy atom. The van der Waals surface area contributed by atoms with Crippen LogP contribution >= 0.6 is 11.3 Å². The van der Waals surface area contributed by atoms with E-state index in [0.29, 0.717) is 0 Å². The molecule has 0 aliphatic rings. The molecule has 0 fully saturated rings. The average Bonchev–Trinajstić information content (AvgIpc) is 2.71. The molecule has 2 unspecified atom stereocenters. The Kier molecular flexibility index (Phi) is 5.32. The van der Waals surface area contributed by atoms with Gasteiger partial charge in [0.2, 0.25) is 0 Å². The summed E-state index contributed by atoms with van der Waals surface area (Å²) in [4.78, 5) is 5.53. The van der Waals surface area contributed by atoms with Crippen LogP contribution < -0.4 is 5.32 Å². The second-order valence-corrected chi connectivity index (χ2v) is 7.33. The summed E-state index contributed by atoms with van der Waals surface area (Å²) < 4.78 is 0. The summed E-state index contributed by atoms with van der Waals surface area (Å²) in [5.74, 6) is 0.280. The van der Waals surface area contributed by atoms with Gasteiger partial charge in [0.15, 0.2) is 0 Å². The number of aliphatic hydroxyl groups excluding tert-OH is 1. The lowest BCUT2D eigenvalue weighted by Crippen LogP contribution is -2.42. The zero-order valence-corrected chi connectivity index (χ0v) is 13.1. The van der Waals surface area contributed by atoms with Gasteiger partial charge in [-0.05, 0) is 19.8 Å². The molecule has 2 atom stereocenters. The van der Waals surface area contributed by atoms with Crippen molar-refractivity contribution < 1.29 is 5.11 Å². The Hall–Kier alpha value is -0.450. The number of aryl methyl sites for hydroxylation is 1. The summed E-state index contributed by atoms with van der Waals surface area (Å²) >= 11 is 1.73. The SMILES string of the molecule is Cc1ncc(C(C)NCC(C)(C)C(O)C(C)C)s1. The largest absolute Gasteiger partial charge is 0.392 e. The monoisotopic (exact) mass is 270 g/mol. The fourth-order valence-corrected chi connectivity index (χ4v) is 2.91. The van der Waals surface area contributed by atoms with E-state index in [-0.39, 0.29) is 23.5 Å². The highest BCUT2D eigenvalue weighted by Crippen LogP contribution is 2.27. The van der Waals surface area contributed by atoms with Gasteiger partial charge >= 0.3 is 0 Å². The minimum atomic E-state index is -0.291. The highest BCUT2D eigenvalue weighted by Gasteiger charge is 2.30. The Morgan fingerprint density at radius 2 is 2.00 bits per heavy atom. The summed E-state index contributed by atoms with van der Waals surface area (Å²) in [5.41, 5.74) is -0.123. The number of hydrogen-bond donors (Lipinski definition) is 2. The van der Waals surface area contributed by atoms with Gasteiger partial charge in [0.05, 0.1) is 11.1 Å². The molecule has 0 amide bonds. The van der Waals surface area contributed by atoms with Gasteiger partial charge in [-0.3, -0.25) is 0 Å². The Labute approximate surface area is 115 Å². The number of thiazole rings is 1. The van der Waals surface area contributed by atoms with E-state index in [1.165, 1.54) is 4.88 Å². The Bertz CT molecular complexity index is 374. The molecule has 0 saturated heterocycles. The number of rotatable bonds is 6. The molecule has 18 heavy (non-hydrogen) atoms. The fraction of sp³-hybridized carbons (Fsp3) is 0.786. The average molecular weight is 270 g/mol. The quantitative estimate of drug-likeness (QED) is 0.834. The minimum Gasteiger partial charge on any atom is -0.392 e. The molecule has 0 spiro atoms. The topological polar surface area (TPSA) is 45.2 Å². The zero-order valence-electron chi connectivity index (χ0n) is 12.3. The maximum Gasteiger partial charge on any atom is 0.0897 e. The van der Waals surface area contributed by atoms with Crippen molar-refractivity contribution >= 4 is 11.3 Å². The molecule has 0 saturated carbocycles. The van der Waals surface area contributed by atoms with Gasteiger partial charge in [-0.2, -0.15) is 0 Å². The molecule has 0 radical (unpaired) electrons. The van der Waals surface area contributed by atoms with Crippen molar-refractivity contribution in [2.24, 2.45) is 11.3 Å². The molecule has 1 aromatic heterocycles. The second-order valence-electron chi connectivity index (χ2n) is 6.06. The molecule has 0 aromatic carbocycles. The second kappa shape index (κ2) is 6.13. The molecule has 0 aliphatic carbocycles. The molecular formula is C14H26N2OS. The highest BCUT2D eigenvalue weighted by molar-refractivity contribution is 7.11. The summed E-state index contributed by atoms with van der Waals surface area (Å²) in [6, 6.07) is 0.287. The number of aromatic nitrogens is 1. The predicted octanol–water partition coefficient (Wildman–Crippen LogP) is 3.15. The lowest BCUT2D eigenvalue weighted by molar-refractivity contribution is 0.0124. The van der Waals surface area contributed by atoms with Gasteiger partial charge < -0.3 is 10.4 Å². The van der Waals surface area contributed by atoms with Crippen molar-refractivity contribution in [3.05, 3.63) is 16.1 Å². The third kappa shape index (κ3) is 4.04. The van der Waals surface area contributed by atoms with E-state index >= 15 is 0 Å². The van der Waals surface area contributed by atoms with E-state index in [0.717, 1.165) is 11.6 Å². The van der Waals surface area contributed by atoms with E-state index in [2.05, 4.69) is 44.9 Å². The number of nitrogens with zero attached hydrogens (tertiary/aromatic N) is 1. The van der Waals surface area contributed by atoms with Crippen molar-refractivity contribution in [2.45, 2.75) is 53.7 Å². The van der Waals surface area contributed by atoms with Crippen LogP contribution in [0.3, 0.4) is 0 Å². The standard InChI is InChI=1S/C14H26N2OS/c1-9(2)13(17)14(5,6)8-16-10(3)12-7-15-11(4)18-12/h7,9-10,13,16-17H,8H2,1-6H3. The van der Waals surface area contributed by atoms with Crippen molar-refractivity contribution in [1.82, 2.24) is 10.3 Å². The van der Waals surface area contributed by atoms with Gasteiger partial charge in [0.25, 0.3) is 0 Å². The lowest BCUT2D eigenvalue weighted by Gasteiger charge is -2.34. The van der Waals surface area contributed by atoms with Crippen molar-refractivity contribution in [3.63, 3.8) is 0 Å². The third-order valence-electron chi connectivity index (χ3n) is 3.36. The molecule has 1 rings (SSSR count). The van der Waals surface area contributed by atoms with Crippen molar-refractivity contribution in [1.29, 1.82) is 0 Å². The van der Waals surface area contributed by atoms with Crippen LogP contribution in [0.2, 0.25) is 0 Å². The third-order valence-corrected chi connectivity index (χ3v) is 4.46. The van der Waals surface area contributed by atoms with Gasteiger partial charge in [-0.1, -0.05) is 27.7 Å². The first-order valence-electron chi connectivity index (χ1n) is 6.58. The van der Waals surface area contributed by atoms with E-state index in [9.17, 15) is 5.11 Å². The summed E-state index contributed by atoms with van der Waals surface area (Å²) in [6.45, 7) is 13.3.